The van der Waals surface area contributed by atoms with Crippen molar-refractivity contribution in [2.24, 2.45) is 13.0 Å². The van der Waals surface area contributed by atoms with Crippen molar-refractivity contribution in [3.63, 3.8) is 0 Å². The van der Waals surface area contributed by atoms with Gasteiger partial charge in [0.05, 0.1) is 5.69 Å². The van der Waals surface area contributed by atoms with Crippen LogP contribution < -0.4 is 16.0 Å². The molecule has 0 bridgehead atoms. The van der Waals surface area contributed by atoms with Gasteiger partial charge in [0.25, 0.3) is 0 Å². The molecule has 1 aliphatic carbocycles. The second-order valence-electron chi connectivity index (χ2n) is 9.31. The molecule has 0 radical (unpaired) electrons. The van der Waals surface area contributed by atoms with Crippen molar-refractivity contribution >= 4 is 40.0 Å². The number of carbonyl (C=O) groups is 2. The minimum atomic E-state index is -0.357. The van der Waals surface area contributed by atoms with Crippen LogP contribution in [-0.4, -0.2) is 31.7 Å². The Kier molecular flexibility index (Phi) is 6.46. The number of thiazole rings is 1. The molecule has 3 aromatic rings. The SMILES string of the molecule is Cn1nc(C(C)(C)C)cc1NC(=O)Nc1ncc(CCc2ccnc(NC(=O)C3CC3)c2)s1. The van der Waals surface area contributed by atoms with E-state index in [4.69, 9.17) is 0 Å². The monoisotopic (exact) mass is 467 g/mol. The standard InChI is InChI=1S/C23H29N7O2S/c1-23(2,3)17-12-19(30(4)29-17)27-21(32)28-22-25-13-16(33-22)8-5-14-9-10-24-18(11-14)26-20(31)15-6-7-15/h9-13,15H,5-8H2,1-4H3,(H,24,26,31)(H2,25,27,28,32). The summed E-state index contributed by atoms with van der Waals surface area (Å²) in [5.41, 5.74) is 1.89. The molecule has 0 aliphatic heterocycles. The van der Waals surface area contributed by atoms with Gasteiger partial charge in [-0.15, -0.1) is 11.3 Å². The van der Waals surface area contributed by atoms with Crippen LogP contribution in [0.2, 0.25) is 0 Å². The minimum Gasteiger partial charge on any atom is -0.310 e. The van der Waals surface area contributed by atoms with Crippen molar-refractivity contribution in [3.05, 3.63) is 46.7 Å². The van der Waals surface area contributed by atoms with E-state index in [-0.39, 0.29) is 23.3 Å². The summed E-state index contributed by atoms with van der Waals surface area (Å²) in [5, 5.41) is 13.5. The molecule has 3 heterocycles. The highest BCUT2D eigenvalue weighted by Gasteiger charge is 2.29. The van der Waals surface area contributed by atoms with Gasteiger partial charge in [0.2, 0.25) is 5.91 Å². The number of hydrogen-bond acceptors (Lipinski definition) is 6. The number of hydrogen-bond donors (Lipinski definition) is 3. The molecule has 3 aromatic heterocycles. The summed E-state index contributed by atoms with van der Waals surface area (Å²) in [5.74, 6) is 1.42. The van der Waals surface area contributed by atoms with Gasteiger partial charge in [-0.2, -0.15) is 5.10 Å². The number of pyridine rings is 1. The van der Waals surface area contributed by atoms with Gasteiger partial charge in [-0.3, -0.25) is 20.1 Å². The highest BCUT2D eigenvalue weighted by molar-refractivity contribution is 7.15. The molecule has 9 nitrogen and oxygen atoms in total. The number of nitrogens with one attached hydrogen (secondary N) is 3. The van der Waals surface area contributed by atoms with Gasteiger partial charge in [-0.1, -0.05) is 20.8 Å². The number of aryl methyl sites for hydroxylation is 3. The number of nitrogens with zero attached hydrogens (tertiary/aromatic N) is 4. The lowest BCUT2D eigenvalue weighted by Crippen LogP contribution is -2.20. The zero-order chi connectivity index (χ0) is 23.6. The molecule has 174 valence electrons. The van der Waals surface area contributed by atoms with Gasteiger partial charge in [-0.05, 0) is 43.4 Å². The molecule has 10 heteroatoms. The van der Waals surface area contributed by atoms with Crippen LogP contribution >= 0.6 is 11.3 Å². The zero-order valence-corrected chi connectivity index (χ0v) is 20.1. The molecule has 3 N–H and O–H groups in total. The first-order chi connectivity index (χ1) is 15.7. The predicted molar refractivity (Wildman–Crippen MR) is 130 cm³/mol. The van der Waals surface area contributed by atoms with Gasteiger partial charge < -0.3 is 5.32 Å². The third kappa shape index (κ3) is 6.16. The molecule has 1 saturated carbocycles. The first-order valence-electron chi connectivity index (χ1n) is 11.0. The van der Waals surface area contributed by atoms with Crippen molar-refractivity contribution < 1.29 is 9.59 Å². The van der Waals surface area contributed by atoms with E-state index in [0.717, 1.165) is 41.8 Å². The van der Waals surface area contributed by atoms with Crippen molar-refractivity contribution in [2.75, 3.05) is 16.0 Å². The second-order valence-corrected chi connectivity index (χ2v) is 10.4. The molecule has 0 unspecified atom stereocenters. The fourth-order valence-corrected chi connectivity index (χ4v) is 4.02. The summed E-state index contributed by atoms with van der Waals surface area (Å²) >= 11 is 1.44. The summed E-state index contributed by atoms with van der Waals surface area (Å²) < 4.78 is 1.66. The average Bonchev–Trinajstić information content (AvgIpc) is 3.41. The van der Waals surface area contributed by atoms with Crippen molar-refractivity contribution in [1.29, 1.82) is 0 Å². The molecule has 0 aromatic carbocycles. The van der Waals surface area contributed by atoms with E-state index in [1.165, 1.54) is 11.3 Å². The van der Waals surface area contributed by atoms with Gasteiger partial charge in [-0.25, -0.2) is 14.8 Å². The average molecular weight is 468 g/mol. The summed E-state index contributed by atoms with van der Waals surface area (Å²) in [6.07, 6.45) is 6.98. The van der Waals surface area contributed by atoms with Gasteiger partial charge >= 0.3 is 6.03 Å². The smallest absolute Gasteiger partial charge is 0.310 e. The maximum Gasteiger partial charge on any atom is 0.326 e. The van der Waals surface area contributed by atoms with E-state index in [1.807, 2.05) is 18.2 Å². The van der Waals surface area contributed by atoms with E-state index < -0.39 is 0 Å². The third-order valence-corrected chi connectivity index (χ3v) is 6.32. The quantitative estimate of drug-likeness (QED) is 0.478. The molecule has 0 saturated heterocycles. The third-order valence-electron chi connectivity index (χ3n) is 5.35. The Bertz CT molecular complexity index is 1160. The van der Waals surface area contributed by atoms with Crippen LogP contribution in [0.15, 0.2) is 30.6 Å². The Balaban J connectivity index is 1.29. The van der Waals surface area contributed by atoms with Crippen LogP contribution in [0.3, 0.4) is 0 Å². The molecule has 0 spiro atoms. The maximum absolute atomic E-state index is 12.4. The fourth-order valence-electron chi connectivity index (χ4n) is 3.22. The second kappa shape index (κ2) is 9.30. The highest BCUT2D eigenvalue weighted by Crippen LogP contribution is 2.30. The summed E-state index contributed by atoms with van der Waals surface area (Å²) in [7, 11) is 1.80. The van der Waals surface area contributed by atoms with E-state index in [1.54, 1.807) is 24.1 Å². The Hall–Kier alpha value is -3.27. The number of anilines is 3. The van der Waals surface area contributed by atoms with E-state index >= 15 is 0 Å². The van der Waals surface area contributed by atoms with Crippen molar-refractivity contribution in [1.82, 2.24) is 19.7 Å². The highest BCUT2D eigenvalue weighted by atomic mass is 32.1. The maximum atomic E-state index is 12.4. The van der Waals surface area contributed by atoms with E-state index in [9.17, 15) is 9.59 Å². The van der Waals surface area contributed by atoms with Crippen LogP contribution in [0.25, 0.3) is 0 Å². The largest absolute Gasteiger partial charge is 0.326 e. The van der Waals surface area contributed by atoms with E-state index in [0.29, 0.717) is 16.8 Å². The van der Waals surface area contributed by atoms with Gasteiger partial charge in [0.15, 0.2) is 5.13 Å². The lowest BCUT2D eigenvalue weighted by Gasteiger charge is -2.13. The minimum absolute atomic E-state index is 0.0526. The van der Waals surface area contributed by atoms with Crippen LogP contribution in [-0.2, 0) is 30.1 Å². The topological polar surface area (TPSA) is 114 Å². The number of rotatable bonds is 7. The summed E-state index contributed by atoms with van der Waals surface area (Å²) in [4.78, 5) is 34.0. The molecule has 1 fully saturated rings. The van der Waals surface area contributed by atoms with Crippen LogP contribution in [0, 0.1) is 5.92 Å². The van der Waals surface area contributed by atoms with Gasteiger partial charge in [0.1, 0.15) is 11.6 Å². The Labute approximate surface area is 197 Å². The molecule has 3 amide bonds. The summed E-state index contributed by atoms with van der Waals surface area (Å²) in [6.45, 7) is 6.23. The molecular weight excluding hydrogens is 438 g/mol. The molecule has 1 aliphatic rings. The zero-order valence-electron chi connectivity index (χ0n) is 19.3. The number of aromatic nitrogens is 4. The number of amides is 3. The predicted octanol–water partition coefficient (Wildman–Crippen LogP) is 4.35. The van der Waals surface area contributed by atoms with Crippen LogP contribution in [0.5, 0.6) is 0 Å². The normalized spacial score (nSPS) is 13.6. The summed E-state index contributed by atoms with van der Waals surface area (Å²) in [6, 6.07) is 5.38. The Morgan fingerprint density at radius 3 is 2.61 bits per heavy atom. The lowest BCUT2D eigenvalue weighted by atomic mass is 9.92. The number of carbonyl (C=O) groups excluding carboxylic acids is 2. The van der Waals surface area contributed by atoms with Crippen molar-refractivity contribution in [2.45, 2.75) is 51.9 Å². The molecule has 33 heavy (non-hydrogen) atoms. The Morgan fingerprint density at radius 2 is 1.91 bits per heavy atom. The van der Waals surface area contributed by atoms with E-state index in [2.05, 4.69) is 51.8 Å². The van der Waals surface area contributed by atoms with Crippen LogP contribution in [0.4, 0.5) is 21.6 Å². The first-order valence-corrected chi connectivity index (χ1v) is 11.8. The fraction of sp³-hybridized carbons (Fsp3) is 0.435. The molecular formula is C23H29N7O2S. The number of urea groups is 1. The van der Waals surface area contributed by atoms with Gasteiger partial charge in [0, 0.05) is 41.7 Å². The molecule has 0 atom stereocenters. The Morgan fingerprint density at radius 1 is 1.12 bits per heavy atom. The molecule has 4 rings (SSSR count). The van der Waals surface area contributed by atoms with Crippen molar-refractivity contribution in [3.8, 4) is 0 Å². The lowest BCUT2D eigenvalue weighted by molar-refractivity contribution is -0.117. The van der Waals surface area contributed by atoms with Crippen LogP contribution in [0.1, 0.15) is 49.7 Å². The first kappa shape index (κ1) is 22.9.